The molecule has 0 amide bonds. The zero-order valence-electron chi connectivity index (χ0n) is 8.01. The SMILES string of the molecule is COC(=O)c1ccc(F)c(C#CCBr)c1. The van der Waals surface area contributed by atoms with Gasteiger partial charge in [0.2, 0.25) is 0 Å². The highest BCUT2D eigenvalue weighted by molar-refractivity contribution is 9.09. The van der Waals surface area contributed by atoms with Crippen LogP contribution in [0.2, 0.25) is 0 Å². The van der Waals surface area contributed by atoms with E-state index in [0.29, 0.717) is 5.33 Å². The number of hydrogen-bond donors (Lipinski definition) is 0. The summed E-state index contributed by atoms with van der Waals surface area (Å²) in [6, 6.07) is 3.93. The van der Waals surface area contributed by atoms with E-state index in [9.17, 15) is 9.18 Å². The van der Waals surface area contributed by atoms with Crippen LogP contribution in [0.25, 0.3) is 0 Å². The predicted molar refractivity (Wildman–Crippen MR) is 58.4 cm³/mol. The molecule has 0 aliphatic carbocycles. The summed E-state index contributed by atoms with van der Waals surface area (Å²) < 4.78 is 17.7. The van der Waals surface area contributed by atoms with Crippen molar-refractivity contribution in [3.05, 3.63) is 35.1 Å². The average Bonchev–Trinajstić information content (AvgIpc) is 2.27. The summed E-state index contributed by atoms with van der Waals surface area (Å²) in [7, 11) is 1.27. The van der Waals surface area contributed by atoms with Crippen LogP contribution in [0.3, 0.4) is 0 Å². The molecule has 0 fully saturated rings. The summed E-state index contributed by atoms with van der Waals surface area (Å²) in [4.78, 5) is 11.1. The Morgan fingerprint density at radius 3 is 2.93 bits per heavy atom. The maximum absolute atomic E-state index is 13.2. The van der Waals surface area contributed by atoms with Crippen molar-refractivity contribution in [2.75, 3.05) is 12.4 Å². The third-order valence-corrected chi connectivity index (χ3v) is 1.96. The minimum atomic E-state index is -0.503. The van der Waals surface area contributed by atoms with Gasteiger partial charge in [0.05, 0.1) is 23.6 Å². The molecule has 2 nitrogen and oxygen atoms in total. The number of hydrogen-bond acceptors (Lipinski definition) is 2. The lowest BCUT2D eigenvalue weighted by Crippen LogP contribution is -2.02. The van der Waals surface area contributed by atoms with Crippen molar-refractivity contribution in [2.45, 2.75) is 0 Å². The fourth-order valence-corrected chi connectivity index (χ4v) is 1.13. The van der Waals surface area contributed by atoms with Crippen molar-refractivity contribution < 1.29 is 13.9 Å². The van der Waals surface area contributed by atoms with E-state index in [-0.39, 0.29) is 11.1 Å². The highest BCUT2D eigenvalue weighted by Gasteiger charge is 2.08. The first-order valence-corrected chi connectivity index (χ1v) is 5.24. The summed E-state index contributed by atoms with van der Waals surface area (Å²) in [6.45, 7) is 0. The molecule has 0 atom stereocenters. The number of rotatable bonds is 1. The average molecular weight is 271 g/mol. The Morgan fingerprint density at radius 1 is 1.60 bits per heavy atom. The van der Waals surface area contributed by atoms with Gasteiger partial charge in [-0.25, -0.2) is 9.18 Å². The van der Waals surface area contributed by atoms with Crippen LogP contribution in [0.5, 0.6) is 0 Å². The van der Waals surface area contributed by atoms with Crippen LogP contribution in [0.15, 0.2) is 18.2 Å². The van der Waals surface area contributed by atoms with Gasteiger partial charge in [-0.1, -0.05) is 27.8 Å². The second-order valence-electron chi connectivity index (χ2n) is 2.62. The molecule has 0 aliphatic heterocycles. The minimum Gasteiger partial charge on any atom is -0.465 e. The number of carbonyl (C=O) groups excluding carboxylic acids is 1. The van der Waals surface area contributed by atoms with Crippen molar-refractivity contribution in [1.29, 1.82) is 0 Å². The van der Waals surface area contributed by atoms with Crippen LogP contribution >= 0.6 is 15.9 Å². The topological polar surface area (TPSA) is 26.3 Å². The fraction of sp³-hybridized carbons (Fsp3) is 0.182. The number of ether oxygens (including phenoxy) is 1. The van der Waals surface area contributed by atoms with E-state index in [0.717, 1.165) is 0 Å². The number of halogens is 2. The van der Waals surface area contributed by atoms with E-state index < -0.39 is 11.8 Å². The Labute approximate surface area is 95.6 Å². The van der Waals surface area contributed by atoms with Gasteiger partial charge in [-0.15, -0.1) is 0 Å². The number of esters is 1. The molecule has 1 aromatic rings. The highest BCUT2D eigenvalue weighted by atomic mass is 79.9. The molecular formula is C11H8BrFO2. The van der Waals surface area contributed by atoms with E-state index in [1.54, 1.807) is 0 Å². The Balaban J connectivity index is 3.10. The largest absolute Gasteiger partial charge is 0.465 e. The van der Waals surface area contributed by atoms with Crippen molar-refractivity contribution in [3.63, 3.8) is 0 Å². The summed E-state index contributed by atoms with van der Waals surface area (Å²) in [6.07, 6.45) is 0. The molecule has 0 heterocycles. The highest BCUT2D eigenvalue weighted by Crippen LogP contribution is 2.10. The molecule has 0 unspecified atom stereocenters. The quantitative estimate of drug-likeness (QED) is 0.445. The molecule has 0 saturated carbocycles. The number of alkyl halides is 1. The summed E-state index contributed by atoms with van der Waals surface area (Å²) in [5.41, 5.74) is 0.482. The smallest absolute Gasteiger partial charge is 0.337 e. The van der Waals surface area contributed by atoms with Crippen LogP contribution in [-0.4, -0.2) is 18.4 Å². The lowest BCUT2D eigenvalue weighted by molar-refractivity contribution is 0.0600. The van der Waals surface area contributed by atoms with Gasteiger partial charge in [0.25, 0.3) is 0 Å². The van der Waals surface area contributed by atoms with Gasteiger partial charge in [0.1, 0.15) is 5.82 Å². The van der Waals surface area contributed by atoms with Gasteiger partial charge in [0.15, 0.2) is 0 Å². The van der Waals surface area contributed by atoms with Crippen LogP contribution in [0.4, 0.5) is 4.39 Å². The summed E-state index contributed by atoms with van der Waals surface area (Å²) >= 11 is 3.10. The van der Waals surface area contributed by atoms with Gasteiger partial charge < -0.3 is 4.74 Å². The Kier molecular flexibility index (Phi) is 4.32. The van der Waals surface area contributed by atoms with Crippen LogP contribution in [0.1, 0.15) is 15.9 Å². The molecule has 15 heavy (non-hydrogen) atoms. The molecule has 0 aromatic heterocycles. The fourth-order valence-electron chi connectivity index (χ4n) is 0.995. The third kappa shape index (κ3) is 3.07. The zero-order chi connectivity index (χ0) is 11.3. The lowest BCUT2D eigenvalue weighted by atomic mass is 10.1. The van der Waals surface area contributed by atoms with Gasteiger partial charge >= 0.3 is 5.97 Å². The molecule has 0 saturated heterocycles. The van der Waals surface area contributed by atoms with E-state index in [1.165, 1.54) is 25.3 Å². The lowest BCUT2D eigenvalue weighted by Gasteiger charge is -2.00. The first kappa shape index (κ1) is 11.7. The van der Waals surface area contributed by atoms with E-state index in [1.807, 2.05) is 0 Å². The van der Waals surface area contributed by atoms with Gasteiger partial charge in [-0.05, 0) is 18.2 Å². The van der Waals surface area contributed by atoms with Gasteiger partial charge in [0, 0.05) is 0 Å². The molecule has 1 rings (SSSR count). The Bertz CT molecular complexity index is 432. The van der Waals surface area contributed by atoms with E-state index in [2.05, 4.69) is 32.5 Å². The first-order chi connectivity index (χ1) is 7.19. The molecule has 78 valence electrons. The van der Waals surface area contributed by atoms with Crippen molar-refractivity contribution in [3.8, 4) is 11.8 Å². The molecule has 0 bridgehead atoms. The van der Waals surface area contributed by atoms with Crippen LogP contribution in [-0.2, 0) is 4.74 Å². The van der Waals surface area contributed by atoms with Crippen molar-refractivity contribution in [1.82, 2.24) is 0 Å². The van der Waals surface area contributed by atoms with Crippen LogP contribution in [0, 0.1) is 17.7 Å². The van der Waals surface area contributed by atoms with Gasteiger partial charge in [-0.2, -0.15) is 0 Å². The normalized spacial score (nSPS) is 9.00. The summed E-state index contributed by atoms with van der Waals surface area (Å²) in [5, 5.41) is 0.453. The van der Waals surface area contributed by atoms with E-state index >= 15 is 0 Å². The van der Waals surface area contributed by atoms with E-state index in [4.69, 9.17) is 0 Å². The molecule has 0 N–H and O–H groups in total. The standard InChI is InChI=1S/C11H8BrFO2/c1-15-11(14)9-4-5-10(13)8(7-9)3-2-6-12/h4-5,7H,6H2,1H3. The molecule has 1 aromatic carbocycles. The predicted octanol–water partition coefficient (Wildman–Crippen LogP) is 2.36. The van der Waals surface area contributed by atoms with Gasteiger partial charge in [-0.3, -0.25) is 0 Å². The number of methoxy groups -OCH3 is 1. The minimum absolute atomic E-state index is 0.192. The molecule has 0 aliphatic rings. The number of benzene rings is 1. The second-order valence-corrected chi connectivity index (χ2v) is 3.18. The molecule has 0 spiro atoms. The van der Waals surface area contributed by atoms with Crippen molar-refractivity contribution in [2.24, 2.45) is 0 Å². The molecule has 0 radical (unpaired) electrons. The Hall–Kier alpha value is -1.34. The van der Waals surface area contributed by atoms with Crippen molar-refractivity contribution >= 4 is 21.9 Å². The monoisotopic (exact) mass is 270 g/mol. The Morgan fingerprint density at radius 2 is 2.33 bits per heavy atom. The summed E-state index contributed by atoms with van der Waals surface area (Å²) in [5.74, 6) is 4.32. The molecule has 4 heteroatoms. The first-order valence-electron chi connectivity index (χ1n) is 4.11. The second kappa shape index (κ2) is 5.52. The zero-order valence-corrected chi connectivity index (χ0v) is 9.60. The maximum Gasteiger partial charge on any atom is 0.337 e. The van der Waals surface area contributed by atoms with Crippen LogP contribution < -0.4 is 0 Å². The number of carbonyl (C=O) groups is 1. The molecular weight excluding hydrogens is 263 g/mol. The third-order valence-electron chi connectivity index (χ3n) is 1.68. The maximum atomic E-state index is 13.2.